The van der Waals surface area contributed by atoms with Gasteiger partial charge in [-0.15, -0.1) is 0 Å². The van der Waals surface area contributed by atoms with Gasteiger partial charge in [-0.1, -0.05) is 16.8 Å². The number of halogens is 1. The van der Waals surface area contributed by atoms with Gasteiger partial charge in [0.2, 0.25) is 0 Å². The fraction of sp³-hybridized carbons (Fsp3) is 0. The minimum Gasteiger partial charge on any atom is -0.457 e. The number of nitro groups is 1. The van der Waals surface area contributed by atoms with Gasteiger partial charge in [-0.05, 0) is 30.3 Å². The third-order valence-electron chi connectivity index (χ3n) is 2.60. The second kappa shape index (κ2) is 6.10. The van der Waals surface area contributed by atoms with E-state index in [1.54, 1.807) is 12.1 Å². The summed E-state index contributed by atoms with van der Waals surface area (Å²) >= 11 is 5.85. The maximum absolute atomic E-state index is 10.6. The molecule has 0 bridgehead atoms. The number of rotatable bonds is 4. The van der Waals surface area contributed by atoms with Gasteiger partial charge < -0.3 is 15.7 Å². The van der Waals surface area contributed by atoms with E-state index in [1.807, 2.05) is 0 Å². The van der Waals surface area contributed by atoms with E-state index in [0.29, 0.717) is 22.1 Å². The monoisotopic (exact) mass is 307 g/mol. The van der Waals surface area contributed by atoms with Crippen molar-refractivity contribution in [2.75, 3.05) is 0 Å². The van der Waals surface area contributed by atoms with Crippen LogP contribution in [0.15, 0.2) is 47.6 Å². The molecule has 7 nitrogen and oxygen atoms in total. The van der Waals surface area contributed by atoms with E-state index in [-0.39, 0.29) is 11.5 Å². The topological polar surface area (TPSA) is 111 Å². The van der Waals surface area contributed by atoms with Gasteiger partial charge in [0.15, 0.2) is 5.84 Å². The van der Waals surface area contributed by atoms with Crippen molar-refractivity contribution < 1.29 is 14.9 Å². The molecule has 0 radical (unpaired) electrons. The Morgan fingerprint density at radius 2 is 1.95 bits per heavy atom. The predicted octanol–water partition coefficient (Wildman–Crippen LogP) is 3.14. The highest BCUT2D eigenvalue weighted by atomic mass is 35.5. The first-order valence-corrected chi connectivity index (χ1v) is 6.09. The van der Waals surface area contributed by atoms with Crippen LogP contribution >= 0.6 is 11.6 Å². The molecule has 21 heavy (non-hydrogen) atoms. The lowest BCUT2D eigenvalue weighted by Gasteiger charge is -2.10. The molecule has 0 aliphatic rings. The number of hydrogen-bond acceptors (Lipinski definition) is 5. The Labute approximate surface area is 124 Å². The standard InChI is InChI=1S/C13H10ClN3O4/c14-8-1-6-12(11(7-8)13(15)16-18)21-10-4-2-9(3-5-10)17(19)20/h1-7,18H,(H2,15,16). The zero-order valence-corrected chi connectivity index (χ0v) is 11.3. The molecule has 0 spiro atoms. The van der Waals surface area contributed by atoms with Gasteiger partial charge in [-0.3, -0.25) is 10.1 Å². The van der Waals surface area contributed by atoms with Crippen LogP contribution in [-0.2, 0) is 0 Å². The molecule has 3 N–H and O–H groups in total. The summed E-state index contributed by atoms with van der Waals surface area (Å²) in [4.78, 5) is 10.1. The first-order valence-electron chi connectivity index (χ1n) is 5.71. The second-order valence-electron chi connectivity index (χ2n) is 3.98. The number of nitro benzene ring substituents is 1. The van der Waals surface area contributed by atoms with E-state index in [4.69, 9.17) is 27.3 Å². The van der Waals surface area contributed by atoms with Crippen molar-refractivity contribution in [1.82, 2.24) is 0 Å². The van der Waals surface area contributed by atoms with Gasteiger partial charge in [0.25, 0.3) is 5.69 Å². The molecule has 0 saturated heterocycles. The number of benzene rings is 2. The number of amidine groups is 1. The maximum Gasteiger partial charge on any atom is 0.269 e. The fourth-order valence-electron chi connectivity index (χ4n) is 1.61. The molecule has 2 rings (SSSR count). The van der Waals surface area contributed by atoms with E-state index in [1.165, 1.54) is 30.3 Å². The molecule has 0 atom stereocenters. The van der Waals surface area contributed by atoms with Gasteiger partial charge in [0.1, 0.15) is 11.5 Å². The van der Waals surface area contributed by atoms with E-state index in [2.05, 4.69) is 5.16 Å². The lowest BCUT2D eigenvalue weighted by atomic mass is 10.2. The molecular formula is C13H10ClN3O4. The van der Waals surface area contributed by atoms with Crippen LogP contribution in [0.4, 0.5) is 5.69 Å². The number of non-ortho nitro benzene ring substituents is 1. The molecule has 0 aliphatic heterocycles. The maximum atomic E-state index is 10.6. The van der Waals surface area contributed by atoms with Crippen molar-refractivity contribution in [2.45, 2.75) is 0 Å². The molecule has 108 valence electrons. The zero-order chi connectivity index (χ0) is 15.4. The van der Waals surface area contributed by atoms with Crippen LogP contribution in [-0.4, -0.2) is 16.0 Å². The SMILES string of the molecule is NC(=NO)c1cc(Cl)ccc1Oc1ccc([N+](=O)[O-])cc1. The summed E-state index contributed by atoms with van der Waals surface area (Å²) in [5.74, 6) is 0.521. The van der Waals surface area contributed by atoms with Crippen LogP contribution in [0.25, 0.3) is 0 Å². The first kappa shape index (κ1) is 14.6. The van der Waals surface area contributed by atoms with Crippen molar-refractivity contribution in [2.24, 2.45) is 10.9 Å². The fourth-order valence-corrected chi connectivity index (χ4v) is 1.78. The Morgan fingerprint density at radius 1 is 1.29 bits per heavy atom. The second-order valence-corrected chi connectivity index (χ2v) is 4.42. The van der Waals surface area contributed by atoms with Gasteiger partial charge in [-0.25, -0.2) is 0 Å². The summed E-state index contributed by atoms with van der Waals surface area (Å²) in [5, 5.41) is 22.6. The average Bonchev–Trinajstić information content (AvgIpc) is 2.48. The summed E-state index contributed by atoms with van der Waals surface area (Å²) in [6.45, 7) is 0. The Kier molecular flexibility index (Phi) is 4.24. The number of oxime groups is 1. The van der Waals surface area contributed by atoms with E-state index in [0.717, 1.165) is 0 Å². The van der Waals surface area contributed by atoms with Gasteiger partial charge in [0, 0.05) is 17.2 Å². The molecule has 0 fully saturated rings. The van der Waals surface area contributed by atoms with Crippen LogP contribution < -0.4 is 10.5 Å². The number of ether oxygens (including phenoxy) is 1. The average molecular weight is 308 g/mol. The molecular weight excluding hydrogens is 298 g/mol. The molecule has 0 saturated carbocycles. The quantitative estimate of drug-likeness (QED) is 0.296. The van der Waals surface area contributed by atoms with Gasteiger partial charge in [-0.2, -0.15) is 0 Å². The lowest BCUT2D eigenvalue weighted by Crippen LogP contribution is -2.14. The Bertz CT molecular complexity index is 701. The summed E-state index contributed by atoms with van der Waals surface area (Å²) in [6, 6.07) is 10.1. The first-order chi connectivity index (χ1) is 10.0. The van der Waals surface area contributed by atoms with Crippen LogP contribution in [0.2, 0.25) is 5.02 Å². The smallest absolute Gasteiger partial charge is 0.269 e. The summed E-state index contributed by atoms with van der Waals surface area (Å²) in [6.07, 6.45) is 0. The van der Waals surface area contributed by atoms with E-state index in [9.17, 15) is 10.1 Å². The summed E-state index contributed by atoms with van der Waals surface area (Å²) in [5.41, 5.74) is 5.82. The van der Waals surface area contributed by atoms with E-state index >= 15 is 0 Å². The zero-order valence-electron chi connectivity index (χ0n) is 10.6. The van der Waals surface area contributed by atoms with Gasteiger partial charge >= 0.3 is 0 Å². The Hall–Kier alpha value is -2.80. The largest absolute Gasteiger partial charge is 0.457 e. The highest BCUT2D eigenvalue weighted by Gasteiger charge is 2.11. The molecule has 0 heterocycles. The highest BCUT2D eigenvalue weighted by molar-refractivity contribution is 6.31. The molecule has 8 heteroatoms. The van der Waals surface area contributed by atoms with Crippen molar-refractivity contribution in [3.05, 3.63) is 63.2 Å². The van der Waals surface area contributed by atoms with Gasteiger partial charge in [0.05, 0.1) is 10.5 Å². The molecule has 0 amide bonds. The Morgan fingerprint density at radius 3 is 2.52 bits per heavy atom. The summed E-state index contributed by atoms with van der Waals surface area (Å²) < 4.78 is 5.57. The predicted molar refractivity (Wildman–Crippen MR) is 77.1 cm³/mol. The normalized spacial score (nSPS) is 11.2. The van der Waals surface area contributed by atoms with Crippen LogP contribution in [0.5, 0.6) is 11.5 Å². The van der Waals surface area contributed by atoms with E-state index < -0.39 is 4.92 Å². The van der Waals surface area contributed by atoms with Crippen molar-refractivity contribution in [3.8, 4) is 11.5 Å². The molecule has 2 aromatic carbocycles. The highest BCUT2D eigenvalue weighted by Crippen LogP contribution is 2.28. The molecule has 0 aromatic heterocycles. The lowest BCUT2D eigenvalue weighted by molar-refractivity contribution is -0.384. The number of hydrogen-bond donors (Lipinski definition) is 2. The third kappa shape index (κ3) is 3.40. The molecule has 0 aliphatic carbocycles. The van der Waals surface area contributed by atoms with Crippen LogP contribution in [0.3, 0.4) is 0 Å². The minimum absolute atomic E-state index is 0.0462. The van der Waals surface area contributed by atoms with Crippen LogP contribution in [0.1, 0.15) is 5.56 Å². The Balaban J connectivity index is 2.33. The van der Waals surface area contributed by atoms with Crippen molar-refractivity contribution in [3.63, 3.8) is 0 Å². The van der Waals surface area contributed by atoms with Crippen molar-refractivity contribution in [1.29, 1.82) is 0 Å². The molecule has 2 aromatic rings. The van der Waals surface area contributed by atoms with Crippen LogP contribution in [0, 0.1) is 10.1 Å². The minimum atomic E-state index is -0.506. The summed E-state index contributed by atoms with van der Waals surface area (Å²) in [7, 11) is 0. The number of nitrogens with zero attached hydrogens (tertiary/aromatic N) is 2. The third-order valence-corrected chi connectivity index (χ3v) is 2.84. The number of nitrogens with two attached hydrogens (primary N) is 1. The van der Waals surface area contributed by atoms with Crippen molar-refractivity contribution >= 4 is 23.1 Å². The molecule has 0 unspecified atom stereocenters.